The number of aromatic nitrogens is 1. The summed E-state index contributed by atoms with van der Waals surface area (Å²) < 4.78 is 6.01. The third-order valence-corrected chi connectivity index (χ3v) is 6.55. The fourth-order valence-corrected chi connectivity index (χ4v) is 4.64. The monoisotopic (exact) mass is 490 g/mol. The van der Waals surface area contributed by atoms with E-state index >= 15 is 0 Å². The van der Waals surface area contributed by atoms with E-state index in [1.807, 2.05) is 79.7 Å². The molecule has 5 rings (SSSR count). The fourth-order valence-electron chi connectivity index (χ4n) is 4.64. The van der Waals surface area contributed by atoms with E-state index in [-0.39, 0.29) is 12.3 Å². The van der Waals surface area contributed by atoms with Gasteiger partial charge in [0, 0.05) is 24.5 Å². The van der Waals surface area contributed by atoms with Gasteiger partial charge in [0.25, 0.3) is 5.91 Å². The van der Waals surface area contributed by atoms with Crippen LogP contribution in [0.1, 0.15) is 38.7 Å². The molecule has 37 heavy (non-hydrogen) atoms. The summed E-state index contributed by atoms with van der Waals surface area (Å²) in [5, 5.41) is 0. The summed E-state index contributed by atoms with van der Waals surface area (Å²) in [5.41, 5.74) is 3.86. The maximum Gasteiger partial charge on any atom is 0.291 e. The minimum absolute atomic E-state index is 0.163. The number of likely N-dealkylation sites (tertiary alicyclic amines) is 1. The average Bonchev–Trinajstić information content (AvgIpc) is 3.18. The first kappa shape index (κ1) is 24.1. The fraction of sp³-hybridized carbons (Fsp3) is 0.161. The van der Waals surface area contributed by atoms with Crippen LogP contribution in [0.25, 0.3) is 0 Å². The molecule has 1 amide bonds. The van der Waals surface area contributed by atoms with Crippen LogP contribution in [0, 0.1) is 12.8 Å². The van der Waals surface area contributed by atoms with Crippen molar-refractivity contribution in [3.8, 4) is 5.75 Å². The minimum Gasteiger partial charge on any atom is -0.489 e. The SMILES string of the molecule is Cc1ccc(C(=O)C2C(=O)C(=O)N(Cc3cccnc3)C2c2cccc(OCc3ccccc3)c2)cc1. The highest BCUT2D eigenvalue weighted by atomic mass is 16.5. The van der Waals surface area contributed by atoms with Crippen molar-refractivity contribution in [1.82, 2.24) is 9.88 Å². The van der Waals surface area contributed by atoms with Gasteiger partial charge in [0.2, 0.25) is 5.78 Å². The molecule has 2 unspecified atom stereocenters. The van der Waals surface area contributed by atoms with Gasteiger partial charge in [0.15, 0.2) is 5.78 Å². The van der Waals surface area contributed by atoms with Crippen LogP contribution in [0.15, 0.2) is 103 Å². The Morgan fingerprint density at radius 3 is 2.38 bits per heavy atom. The molecule has 3 aromatic carbocycles. The van der Waals surface area contributed by atoms with Crippen LogP contribution in [0.4, 0.5) is 0 Å². The van der Waals surface area contributed by atoms with Crippen molar-refractivity contribution in [2.24, 2.45) is 5.92 Å². The third-order valence-electron chi connectivity index (χ3n) is 6.55. The molecule has 1 aliphatic heterocycles. The van der Waals surface area contributed by atoms with Gasteiger partial charge >= 0.3 is 0 Å². The van der Waals surface area contributed by atoms with Crippen LogP contribution in [-0.4, -0.2) is 27.4 Å². The van der Waals surface area contributed by atoms with Crippen molar-refractivity contribution in [3.63, 3.8) is 0 Å². The lowest BCUT2D eigenvalue weighted by Gasteiger charge is -2.27. The number of rotatable bonds is 8. The molecule has 184 valence electrons. The lowest BCUT2D eigenvalue weighted by Crippen LogP contribution is -2.30. The molecule has 6 heteroatoms. The summed E-state index contributed by atoms with van der Waals surface area (Å²) in [6.07, 6.45) is 3.30. The lowest BCUT2D eigenvalue weighted by atomic mass is 9.86. The number of benzene rings is 3. The molecule has 1 fully saturated rings. The molecule has 2 atom stereocenters. The Bertz CT molecular complexity index is 1420. The van der Waals surface area contributed by atoms with Crippen molar-refractivity contribution < 1.29 is 19.1 Å². The Kier molecular flexibility index (Phi) is 6.90. The summed E-state index contributed by atoms with van der Waals surface area (Å²) in [7, 11) is 0. The van der Waals surface area contributed by atoms with Gasteiger partial charge in [-0.1, -0.05) is 78.4 Å². The lowest BCUT2D eigenvalue weighted by molar-refractivity contribution is -0.141. The zero-order valence-electron chi connectivity index (χ0n) is 20.4. The summed E-state index contributed by atoms with van der Waals surface area (Å²) in [6, 6.07) is 27.0. The second kappa shape index (κ2) is 10.6. The summed E-state index contributed by atoms with van der Waals surface area (Å²) >= 11 is 0. The van der Waals surface area contributed by atoms with E-state index in [0.717, 1.165) is 16.7 Å². The molecule has 4 aromatic rings. The molecule has 1 aromatic heterocycles. The van der Waals surface area contributed by atoms with Gasteiger partial charge in [-0.3, -0.25) is 19.4 Å². The molecule has 0 spiro atoms. The van der Waals surface area contributed by atoms with Gasteiger partial charge < -0.3 is 9.64 Å². The van der Waals surface area contributed by atoms with Crippen LogP contribution < -0.4 is 4.74 Å². The first-order chi connectivity index (χ1) is 18.0. The highest BCUT2D eigenvalue weighted by Crippen LogP contribution is 2.40. The second-order valence-electron chi connectivity index (χ2n) is 9.16. The van der Waals surface area contributed by atoms with Crippen molar-refractivity contribution in [2.45, 2.75) is 26.1 Å². The summed E-state index contributed by atoms with van der Waals surface area (Å²) in [6.45, 7) is 2.46. The van der Waals surface area contributed by atoms with Crippen LogP contribution in [0.3, 0.4) is 0 Å². The van der Waals surface area contributed by atoms with Gasteiger partial charge in [-0.2, -0.15) is 0 Å². The predicted molar refractivity (Wildman–Crippen MR) is 139 cm³/mol. The largest absolute Gasteiger partial charge is 0.489 e. The molecule has 1 aliphatic rings. The quantitative estimate of drug-likeness (QED) is 0.195. The topological polar surface area (TPSA) is 76.6 Å². The van der Waals surface area contributed by atoms with Crippen molar-refractivity contribution in [1.29, 1.82) is 0 Å². The van der Waals surface area contributed by atoms with E-state index in [0.29, 0.717) is 23.5 Å². The summed E-state index contributed by atoms with van der Waals surface area (Å²) in [4.78, 5) is 45.8. The molecular formula is C31H26N2O4. The van der Waals surface area contributed by atoms with Gasteiger partial charge in [0.1, 0.15) is 18.3 Å². The average molecular weight is 491 g/mol. The maximum absolute atomic E-state index is 13.6. The molecule has 0 N–H and O–H groups in total. The first-order valence-corrected chi connectivity index (χ1v) is 12.1. The maximum atomic E-state index is 13.6. The third kappa shape index (κ3) is 5.19. The number of pyridine rings is 1. The van der Waals surface area contributed by atoms with E-state index in [2.05, 4.69) is 4.98 Å². The molecule has 2 heterocycles. The minimum atomic E-state index is -1.16. The number of amides is 1. The predicted octanol–water partition coefficient (Wildman–Crippen LogP) is 5.12. The van der Waals surface area contributed by atoms with Crippen molar-refractivity contribution in [2.75, 3.05) is 0 Å². The van der Waals surface area contributed by atoms with Gasteiger partial charge in [-0.05, 0) is 41.8 Å². The molecule has 0 radical (unpaired) electrons. The summed E-state index contributed by atoms with van der Waals surface area (Å²) in [5.74, 6) is -2.30. The van der Waals surface area contributed by atoms with Crippen molar-refractivity contribution >= 4 is 17.5 Å². The number of ether oxygens (including phenoxy) is 1. The number of aryl methyl sites for hydroxylation is 1. The number of carbonyl (C=O) groups excluding carboxylic acids is 3. The molecule has 0 saturated carbocycles. The zero-order valence-corrected chi connectivity index (χ0v) is 20.4. The van der Waals surface area contributed by atoms with Crippen LogP contribution in [0.2, 0.25) is 0 Å². The highest BCUT2D eigenvalue weighted by Gasteiger charge is 2.51. The molecule has 0 aliphatic carbocycles. The van der Waals surface area contributed by atoms with E-state index in [9.17, 15) is 14.4 Å². The second-order valence-corrected chi connectivity index (χ2v) is 9.16. The Morgan fingerprint density at radius 2 is 1.65 bits per heavy atom. The van der Waals surface area contributed by atoms with Gasteiger partial charge in [-0.25, -0.2) is 0 Å². The molecule has 1 saturated heterocycles. The van der Waals surface area contributed by atoms with E-state index in [4.69, 9.17) is 4.74 Å². The Morgan fingerprint density at radius 1 is 0.892 bits per heavy atom. The number of Topliss-reactive ketones (excluding diaryl/α,β-unsaturated/α-hetero) is 2. The Hall–Kier alpha value is -4.58. The number of carbonyl (C=O) groups is 3. The standard InChI is InChI=1S/C31H26N2O4/c1-21-12-14-24(15-13-21)29(34)27-28(33(31(36)30(27)35)19-23-9-6-16-32-18-23)25-10-5-11-26(17-25)37-20-22-7-3-2-4-8-22/h2-18,27-28H,19-20H2,1H3. The number of hydrogen-bond donors (Lipinski definition) is 0. The van der Waals surface area contributed by atoms with Crippen LogP contribution in [-0.2, 0) is 22.7 Å². The first-order valence-electron chi connectivity index (χ1n) is 12.1. The molecule has 6 nitrogen and oxygen atoms in total. The van der Waals surface area contributed by atoms with E-state index < -0.39 is 23.7 Å². The highest BCUT2D eigenvalue weighted by molar-refractivity contribution is 6.44. The zero-order chi connectivity index (χ0) is 25.8. The molecular weight excluding hydrogens is 464 g/mol. The normalized spacial score (nSPS) is 17.2. The van der Waals surface area contributed by atoms with Crippen molar-refractivity contribution in [3.05, 3.63) is 131 Å². The van der Waals surface area contributed by atoms with E-state index in [1.54, 1.807) is 30.6 Å². The van der Waals surface area contributed by atoms with E-state index in [1.165, 1.54) is 4.90 Å². The Labute approximate surface area is 215 Å². The van der Waals surface area contributed by atoms with Gasteiger partial charge in [0.05, 0.1) is 6.04 Å². The van der Waals surface area contributed by atoms with Gasteiger partial charge in [-0.15, -0.1) is 0 Å². The number of nitrogens with zero attached hydrogens (tertiary/aromatic N) is 2. The van der Waals surface area contributed by atoms with Crippen LogP contribution >= 0.6 is 0 Å². The number of ketones is 2. The van der Waals surface area contributed by atoms with Crippen LogP contribution in [0.5, 0.6) is 5.75 Å². The number of hydrogen-bond acceptors (Lipinski definition) is 5. The smallest absolute Gasteiger partial charge is 0.291 e. The molecule has 0 bridgehead atoms. The Balaban J connectivity index is 1.51.